The molecule has 0 bridgehead atoms. The number of hydrogen-bond acceptors (Lipinski definition) is 5. The van der Waals surface area contributed by atoms with E-state index in [0.29, 0.717) is 18.2 Å². The highest BCUT2D eigenvalue weighted by molar-refractivity contribution is 5.91. The molecule has 0 saturated heterocycles. The lowest BCUT2D eigenvalue weighted by Gasteiger charge is -2.22. The molecule has 0 saturated carbocycles. The number of nitrogens with one attached hydrogen (secondary N) is 1. The van der Waals surface area contributed by atoms with Crippen molar-refractivity contribution in [1.29, 1.82) is 0 Å². The van der Waals surface area contributed by atoms with Crippen LogP contribution in [0.2, 0.25) is 0 Å². The van der Waals surface area contributed by atoms with Crippen molar-refractivity contribution in [2.24, 2.45) is 17.5 Å². The first-order valence-corrected chi connectivity index (χ1v) is 6.44. The third kappa shape index (κ3) is 4.67. The van der Waals surface area contributed by atoms with Gasteiger partial charge in [-0.2, -0.15) is 0 Å². The molecule has 0 aliphatic carbocycles. The maximum absolute atomic E-state index is 11.4. The smallest absolute Gasteiger partial charge is 0.300 e. The van der Waals surface area contributed by atoms with Gasteiger partial charge in [-0.3, -0.25) is 19.9 Å². The first-order chi connectivity index (χ1) is 9.33. The Labute approximate surface area is 118 Å². The van der Waals surface area contributed by atoms with Crippen LogP contribution in [0.3, 0.4) is 0 Å². The molecule has 1 rings (SSSR count). The number of carbonyl (C=O) groups excluding carboxylic acids is 2. The summed E-state index contributed by atoms with van der Waals surface area (Å²) in [4.78, 5) is 24.4. The van der Waals surface area contributed by atoms with Crippen molar-refractivity contribution in [3.8, 4) is 0 Å². The Morgan fingerprint density at radius 1 is 1.45 bits per heavy atom. The van der Waals surface area contributed by atoms with Crippen LogP contribution in [-0.2, 0) is 11.3 Å². The third-order valence-electron chi connectivity index (χ3n) is 2.77. The highest BCUT2D eigenvalue weighted by Crippen LogP contribution is 2.17. The van der Waals surface area contributed by atoms with Crippen LogP contribution in [0.5, 0.6) is 0 Å². The van der Waals surface area contributed by atoms with E-state index in [9.17, 15) is 9.59 Å². The molecule has 0 aliphatic heterocycles. The number of rotatable bonds is 7. The molecule has 112 valence electrons. The lowest BCUT2D eigenvalue weighted by Crippen LogP contribution is -2.35. The van der Waals surface area contributed by atoms with Crippen molar-refractivity contribution in [1.82, 2.24) is 10.3 Å². The number of furan rings is 1. The van der Waals surface area contributed by atoms with Crippen molar-refractivity contribution >= 4 is 11.8 Å². The molecule has 7 nitrogen and oxygen atoms in total. The molecule has 1 aromatic rings. The van der Waals surface area contributed by atoms with E-state index in [1.54, 1.807) is 13.0 Å². The van der Waals surface area contributed by atoms with Gasteiger partial charge in [-0.15, -0.1) is 0 Å². The first-order valence-electron chi connectivity index (χ1n) is 6.44. The van der Waals surface area contributed by atoms with Gasteiger partial charge in [0.25, 0.3) is 0 Å². The van der Waals surface area contributed by atoms with Crippen LogP contribution in [0.15, 0.2) is 10.5 Å². The van der Waals surface area contributed by atoms with Crippen molar-refractivity contribution in [3.63, 3.8) is 0 Å². The van der Waals surface area contributed by atoms with Crippen LogP contribution >= 0.6 is 0 Å². The van der Waals surface area contributed by atoms with Crippen LogP contribution in [-0.4, -0.2) is 29.8 Å². The maximum Gasteiger partial charge on any atom is 0.300 e. The SMILES string of the molecule is Cc1oc(C(=O)NN)cc1CN(CC(N)=O)CC(C)C. The molecule has 0 fully saturated rings. The predicted molar refractivity (Wildman–Crippen MR) is 74.4 cm³/mol. The fourth-order valence-electron chi connectivity index (χ4n) is 2.02. The molecule has 1 aromatic heterocycles. The monoisotopic (exact) mass is 282 g/mol. The van der Waals surface area contributed by atoms with Gasteiger partial charge in [0.2, 0.25) is 5.91 Å². The first kappa shape index (κ1) is 16.2. The summed E-state index contributed by atoms with van der Waals surface area (Å²) >= 11 is 0. The van der Waals surface area contributed by atoms with E-state index in [-0.39, 0.29) is 18.2 Å². The minimum atomic E-state index is -0.482. The van der Waals surface area contributed by atoms with E-state index in [4.69, 9.17) is 16.0 Å². The zero-order chi connectivity index (χ0) is 15.3. The van der Waals surface area contributed by atoms with E-state index in [1.807, 2.05) is 10.3 Å². The van der Waals surface area contributed by atoms with E-state index >= 15 is 0 Å². The zero-order valence-corrected chi connectivity index (χ0v) is 12.1. The van der Waals surface area contributed by atoms with E-state index in [1.165, 1.54) is 0 Å². The number of nitrogens with two attached hydrogens (primary N) is 2. The average Bonchev–Trinajstić information content (AvgIpc) is 2.68. The quantitative estimate of drug-likeness (QED) is 0.374. The Balaban J connectivity index is 2.84. The van der Waals surface area contributed by atoms with Crippen LogP contribution in [0, 0.1) is 12.8 Å². The molecule has 7 heteroatoms. The number of nitrogens with zero attached hydrogens (tertiary/aromatic N) is 1. The topological polar surface area (TPSA) is 115 Å². The Hall–Kier alpha value is -1.86. The largest absolute Gasteiger partial charge is 0.456 e. The Morgan fingerprint density at radius 3 is 2.60 bits per heavy atom. The highest BCUT2D eigenvalue weighted by atomic mass is 16.4. The second kappa shape index (κ2) is 7.06. The number of primary amides is 1. The lowest BCUT2D eigenvalue weighted by atomic mass is 10.1. The molecule has 1 heterocycles. The molecule has 0 aromatic carbocycles. The molecular weight excluding hydrogens is 260 g/mol. The van der Waals surface area contributed by atoms with Gasteiger partial charge < -0.3 is 10.2 Å². The summed E-state index contributed by atoms with van der Waals surface area (Å²) in [6.07, 6.45) is 0. The van der Waals surface area contributed by atoms with E-state index in [2.05, 4.69) is 13.8 Å². The van der Waals surface area contributed by atoms with Crippen LogP contribution < -0.4 is 17.0 Å². The number of aryl methyl sites for hydroxylation is 1. The molecular formula is C13H22N4O3. The minimum absolute atomic E-state index is 0.156. The van der Waals surface area contributed by atoms with Crippen molar-refractivity contribution in [2.75, 3.05) is 13.1 Å². The van der Waals surface area contributed by atoms with Gasteiger partial charge in [0, 0.05) is 18.7 Å². The van der Waals surface area contributed by atoms with E-state index < -0.39 is 5.91 Å². The molecule has 2 amide bonds. The lowest BCUT2D eigenvalue weighted by molar-refractivity contribution is -0.119. The second-order valence-corrected chi connectivity index (χ2v) is 5.20. The minimum Gasteiger partial charge on any atom is -0.456 e. The summed E-state index contributed by atoms with van der Waals surface area (Å²) in [7, 11) is 0. The Bertz CT molecular complexity index is 482. The second-order valence-electron chi connectivity index (χ2n) is 5.20. The summed E-state index contributed by atoms with van der Waals surface area (Å²) < 4.78 is 5.34. The van der Waals surface area contributed by atoms with Crippen LogP contribution in [0.1, 0.15) is 35.7 Å². The normalized spacial score (nSPS) is 11.1. The predicted octanol–water partition coefficient (Wildman–Crippen LogP) is 0.135. The number of carbonyl (C=O) groups is 2. The standard InChI is InChI=1S/C13H22N4O3/c1-8(2)5-17(7-12(14)18)6-10-4-11(13(19)16-15)20-9(10)3/h4,8H,5-7,15H2,1-3H3,(H2,14,18)(H,16,19). The number of nitrogen functional groups attached to an aromatic ring is 1. The highest BCUT2D eigenvalue weighted by Gasteiger charge is 2.17. The summed E-state index contributed by atoms with van der Waals surface area (Å²) in [6.45, 7) is 7.27. The van der Waals surface area contributed by atoms with E-state index in [0.717, 1.165) is 12.1 Å². The van der Waals surface area contributed by atoms with Crippen LogP contribution in [0.4, 0.5) is 0 Å². The van der Waals surface area contributed by atoms with Crippen LogP contribution in [0.25, 0.3) is 0 Å². The third-order valence-corrected chi connectivity index (χ3v) is 2.77. The Kier molecular flexibility index (Phi) is 5.72. The molecule has 5 N–H and O–H groups in total. The van der Waals surface area contributed by atoms with Crippen molar-refractivity contribution < 1.29 is 14.0 Å². The molecule has 20 heavy (non-hydrogen) atoms. The zero-order valence-electron chi connectivity index (χ0n) is 12.1. The molecule has 0 atom stereocenters. The fraction of sp³-hybridized carbons (Fsp3) is 0.538. The van der Waals surface area contributed by atoms with Crippen molar-refractivity contribution in [2.45, 2.75) is 27.3 Å². The molecule has 0 unspecified atom stereocenters. The van der Waals surface area contributed by atoms with Gasteiger partial charge in [0.05, 0.1) is 6.54 Å². The van der Waals surface area contributed by atoms with Gasteiger partial charge in [0.15, 0.2) is 5.76 Å². The summed E-state index contributed by atoms with van der Waals surface area (Å²) in [5.41, 5.74) is 8.11. The van der Waals surface area contributed by atoms with Gasteiger partial charge in [-0.1, -0.05) is 13.8 Å². The summed E-state index contributed by atoms with van der Waals surface area (Å²) in [5.74, 6) is 5.38. The van der Waals surface area contributed by atoms with Crippen molar-refractivity contribution in [3.05, 3.63) is 23.2 Å². The average molecular weight is 282 g/mol. The van der Waals surface area contributed by atoms with Gasteiger partial charge >= 0.3 is 5.91 Å². The molecule has 0 spiro atoms. The van der Waals surface area contributed by atoms with Gasteiger partial charge in [0.1, 0.15) is 5.76 Å². The number of amides is 2. The Morgan fingerprint density at radius 2 is 2.10 bits per heavy atom. The maximum atomic E-state index is 11.4. The summed E-state index contributed by atoms with van der Waals surface area (Å²) in [5, 5.41) is 0. The van der Waals surface area contributed by atoms with Gasteiger partial charge in [-0.25, -0.2) is 5.84 Å². The summed E-state index contributed by atoms with van der Waals surface area (Å²) in [6, 6.07) is 1.63. The number of hydrazine groups is 1. The van der Waals surface area contributed by atoms with Gasteiger partial charge in [-0.05, 0) is 18.9 Å². The molecule has 0 radical (unpaired) electrons. The molecule has 0 aliphatic rings. The number of hydrogen-bond donors (Lipinski definition) is 3. The fourth-order valence-corrected chi connectivity index (χ4v) is 2.02.